The van der Waals surface area contributed by atoms with Crippen LogP contribution in [0.4, 0.5) is 5.69 Å². The molecular weight excluding hydrogens is 322 g/mol. The number of amides is 1. The molecule has 0 saturated heterocycles. The lowest BCUT2D eigenvalue weighted by Crippen LogP contribution is -2.37. The van der Waals surface area contributed by atoms with Crippen molar-refractivity contribution in [1.82, 2.24) is 4.90 Å². The van der Waals surface area contributed by atoms with Crippen LogP contribution in [0.5, 0.6) is 0 Å². The normalized spacial score (nSPS) is 15.4. The van der Waals surface area contributed by atoms with E-state index in [9.17, 15) is 4.79 Å². The van der Waals surface area contributed by atoms with E-state index in [1.807, 2.05) is 54.6 Å². The number of halogens is 1. The summed E-state index contributed by atoms with van der Waals surface area (Å²) < 4.78 is 0. The fourth-order valence-corrected chi connectivity index (χ4v) is 2.89. The van der Waals surface area contributed by atoms with Crippen molar-refractivity contribution in [2.24, 2.45) is 5.73 Å². The Balaban J connectivity index is 1.66. The number of carbonyl (C=O) groups is 1. The summed E-state index contributed by atoms with van der Waals surface area (Å²) >= 11 is 5.92. The molecule has 124 valence electrons. The number of anilines is 1. The van der Waals surface area contributed by atoms with E-state index in [0.29, 0.717) is 24.2 Å². The van der Waals surface area contributed by atoms with Crippen molar-refractivity contribution in [3.8, 4) is 0 Å². The molecule has 1 heterocycles. The first-order valence-electron chi connectivity index (χ1n) is 7.92. The third-order valence-electron chi connectivity index (χ3n) is 4.09. The highest BCUT2D eigenvalue weighted by Gasteiger charge is 2.22. The molecule has 3 rings (SSSR count). The van der Waals surface area contributed by atoms with Gasteiger partial charge >= 0.3 is 0 Å². The standard InChI is InChI=1S/C19H20ClN3O/c20-15-8-6-14(7-9-15)12-23-11-10-18(21)17(13-23)19(24)22-16-4-2-1-3-5-16/h1-9H,10-13,21H2,(H,22,24). The molecule has 24 heavy (non-hydrogen) atoms. The molecule has 3 N–H and O–H groups in total. The minimum atomic E-state index is -0.125. The lowest BCUT2D eigenvalue weighted by atomic mass is 10.0. The van der Waals surface area contributed by atoms with E-state index in [0.717, 1.165) is 23.8 Å². The molecule has 0 atom stereocenters. The van der Waals surface area contributed by atoms with Crippen LogP contribution in [0.15, 0.2) is 65.9 Å². The molecule has 0 radical (unpaired) electrons. The molecule has 2 aromatic carbocycles. The average molecular weight is 342 g/mol. The largest absolute Gasteiger partial charge is 0.402 e. The summed E-state index contributed by atoms with van der Waals surface area (Å²) in [4.78, 5) is 14.7. The third kappa shape index (κ3) is 4.16. The second-order valence-electron chi connectivity index (χ2n) is 5.91. The lowest BCUT2D eigenvalue weighted by Gasteiger charge is -2.29. The van der Waals surface area contributed by atoms with Gasteiger partial charge in [-0.1, -0.05) is 41.9 Å². The molecule has 4 nitrogen and oxygen atoms in total. The number of nitrogens with one attached hydrogen (secondary N) is 1. The molecule has 2 aromatic rings. The van der Waals surface area contributed by atoms with Gasteiger partial charge in [-0.15, -0.1) is 0 Å². The van der Waals surface area contributed by atoms with Crippen molar-refractivity contribution in [2.45, 2.75) is 13.0 Å². The summed E-state index contributed by atoms with van der Waals surface area (Å²) in [7, 11) is 0. The monoisotopic (exact) mass is 341 g/mol. The number of benzene rings is 2. The second-order valence-corrected chi connectivity index (χ2v) is 6.35. The van der Waals surface area contributed by atoms with Gasteiger partial charge in [-0.25, -0.2) is 0 Å². The van der Waals surface area contributed by atoms with Crippen LogP contribution in [-0.4, -0.2) is 23.9 Å². The van der Waals surface area contributed by atoms with Crippen molar-refractivity contribution in [2.75, 3.05) is 18.4 Å². The van der Waals surface area contributed by atoms with Crippen LogP contribution in [0.25, 0.3) is 0 Å². The smallest absolute Gasteiger partial charge is 0.254 e. The summed E-state index contributed by atoms with van der Waals surface area (Å²) in [6.07, 6.45) is 0.700. The van der Waals surface area contributed by atoms with Gasteiger partial charge < -0.3 is 11.1 Å². The number of hydrogen-bond acceptors (Lipinski definition) is 3. The molecular formula is C19H20ClN3O. The fraction of sp³-hybridized carbons (Fsp3) is 0.211. The van der Waals surface area contributed by atoms with Crippen molar-refractivity contribution < 1.29 is 4.79 Å². The van der Waals surface area contributed by atoms with E-state index in [1.54, 1.807) is 0 Å². The van der Waals surface area contributed by atoms with Gasteiger partial charge in [0.15, 0.2) is 0 Å². The van der Waals surface area contributed by atoms with E-state index in [-0.39, 0.29) is 5.91 Å². The Morgan fingerprint density at radius 1 is 1.12 bits per heavy atom. The Morgan fingerprint density at radius 2 is 1.83 bits per heavy atom. The van der Waals surface area contributed by atoms with Gasteiger partial charge in [0.25, 0.3) is 5.91 Å². The topological polar surface area (TPSA) is 58.4 Å². The van der Waals surface area contributed by atoms with Gasteiger partial charge in [0.1, 0.15) is 0 Å². The van der Waals surface area contributed by atoms with Gasteiger partial charge in [-0.2, -0.15) is 0 Å². The molecule has 0 spiro atoms. The number of hydrogen-bond donors (Lipinski definition) is 2. The summed E-state index contributed by atoms with van der Waals surface area (Å²) in [5.41, 5.74) is 9.36. The van der Waals surface area contributed by atoms with E-state index in [1.165, 1.54) is 5.56 Å². The minimum absolute atomic E-state index is 0.125. The highest BCUT2D eigenvalue weighted by Crippen LogP contribution is 2.19. The molecule has 0 fully saturated rings. The molecule has 0 unspecified atom stereocenters. The minimum Gasteiger partial charge on any atom is -0.402 e. The van der Waals surface area contributed by atoms with Gasteiger partial charge in [0.2, 0.25) is 0 Å². The third-order valence-corrected chi connectivity index (χ3v) is 4.34. The molecule has 1 amide bonds. The first-order chi connectivity index (χ1) is 11.6. The molecule has 0 aliphatic carbocycles. The fourth-order valence-electron chi connectivity index (χ4n) is 2.76. The Bertz CT molecular complexity index is 741. The van der Waals surface area contributed by atoms with Crippen LogP contribution < -0.4 is 11.1 Å². The van der Waals surface area contributed by atoms with Crippen LogP contribution >= 0.6 is 11.6 Å². The molecule has 0 bridgehead atoms. The van der Waals surface area contributed by atoms with E-state index < -0.39 is 0 Å². The van der Waals surface area contributed by atoms with Gasteiger partial charge in [-0.05, 0) is 29.8 Å². The van der Waals surface area contributed by atoms with Crippen molar-refractivity contribution in [3.63, 3.8) is 0 Å². The Morgan fingerprint density at radius 3 is 2.54 bits per heavy atom. The van der Waals surface area contributed by atoms with Crippen LogP contribution in [0.1, 0.15) is 12.0 Å². The van der Waals surface area contributed by atoms with Crippen LogP contribution in [0.2, 0.25) is 5.02 Å². The zero-order chi connectivity index (χ0) is 16.9. The highest BCUT2D eigenvalue weighted by atomic mass is 35.5. The van der Waals surface area contributed by atoms with Crippen molar-refractivity contribution in [1.29, 1.82) is 0 Å². The van der Waals surface area contributed by atoms with E-state index in [4.69, 9.17) is 17.3 Å². The molecule has 0 aromatic heterocycles. The molecule has 1 aliphatic heterocycles. The number of rotatable bonds is 4. The van der Waals surface area contributed by atoms with Crippen LogP contribution in [0, 0.1) is 0 Å². The second kappa shape index (κ2) is 7.51. The first-order valence-corrected chi connectivity index (χ1v) is 8.30. The maximum absolute atomic E-state index is 12.5. The molecule has 1 aliphatic rings. The maximum atomic E-state index is 12.5. The summed E-state index contributed by atoms with van der Waals surface area (Å²) in [6.45, 7) is 2.16. The van der Waals surface area contributed by atoms with Crippen LogP contribution in [-0.2, 0) is 11.3 Å². The van der Waals surface area contributed by atoms with E-state index >= 15 is 0 Å². The lowest BCUT2D eigenvalue weighted by molar-refractivity contribution is -0.113. The quantitative estimate of drug-likeness (QED) is 0.896. The van der Waals surface area contributed by atoms with E-state index in [2.05, 4.69) is 10.2 Å². The summed E-state index contributed by atoms with van der Waals surface area (Å²) in [5, 5.41) is 3.64. The van der Waals surface area contributed by atoms with Gasteiger partial charge in [0.05, 0.1) is 5.57 Å². The Hall–Kier alpha value is -2.30. The predicted molar refractivity (Wildman–Crippen MR) is 97.6 cm³/mol. The number of nitrogens with two attached hydrogens (primary N) is 1. The summed E-state index contributed by atoms with van der Waals surface area (Å²) in [6, 6.07) is 17.2. The SMILES string of the molecule is NC1=C(C(=O)Nc2ccccc2)CN(Cc2ccc(Cl)cc2)CC1. The van der Waals surface area contributed by atoms with Crippen LogP contribution in [0.3, 0.4) is 0 Å². The Kier molecular flexibility index (Phi) is 5.18. The zero-order valence-corrected chi connectivity index (χ0v) is 14.1. The molecule has 0 saturated carbocycles. The highest BCUT2D eigenvalue weighted by molar-refractivity contribution is 6.30. The number of carbonyl (C=O) groups excluding carboxylic acids is 1. The van der Waals surface area contributed by atoms with Crippen molar-refractivity contribution in [3.05, 3.63) is 76.5 Å². The number of para-hydroxylation sites is 1. The molecule has 5 heteroatoms. The zero-order valence-electron chi connectivity index (χ0n) is 13.3. The van der Waals surface area contributed by atoms with Gasteiger partial charge in [-0.3, -0.25) is 9.69 Å². The maximum Gasteiger partial charge on any atom is 0.254 e. The summed E-state index contributed by atoms with van der Waals surface area (Å²) in [5.74, 6) is -0.125. The predicted octanol–water partition coefficient (Wildman–Crippen LogP) is 3.40. The first kappa shape index (κ1) is 16.6. The Labute approximate surface area is 146 Å². The number of nitrogens with zero attached hydrogens (tertiary/aromatic N) is 1. The average Bonchev–Trinajstić information content (AvgIpc) is 2.59. The van der Waals surface area contributed by atoms with Crippen molar-refractivity contribution >= 4 is 23.2 Å². The van der Waals surface area contributed by atoms with Gasteiger partial charge in [0, 0.05) is 42.5 Å².